The lowest BCUT2D eigenvalue weighted by atomic mass is 9.82. The minimum Gasteiger partial charge on any atom is -0.397 e. The third kappa shape index (κ3) is 5.83. The number of hydrogen-bond acceptors (Lipinski definition) is 8. The van der Waals surface area contributed by atoms with E-state index >= 15 is 0 Å². The highest BCUT2D eigenvalue weighted by atomic mass is 16.7. The van der Waals surface area contributed by atoms with Crippen molar-refractivity contribution in [2.45, 2.75) is 27.1 Å². The maximum atomic E-state index is 6.44. The molecule has 2 saturated heterocycles. The van der Waals surface area contributed by atoms with E-state index < -0.39 is 0 Å². The molecular formula is C23H39N5O3. The first-order chi connectivity index (χ1) is 14.5. The van der Waals surface area contributed by atoms with Crippen molar-refractivity contribution < 1.29 is 14.2 Å². The highest BCUT2D eigenvalue weighted by molar-refractivity contribution is 5.78. The number of nitrogens with two attached hydrogens (primary N) is 2. The van der Waals surface area contributed by atoms with Crippen LogP contribution in [-0.4, -0.2) is 72.0 Å². The van der Waals surface area contributed by atoms with E-state index in [1.807, 2.05) is 14.1 Å². The van der Waals surface area contributed by atoms with Crippen LogP contribution in [0.1, 0.15) is 26.3 Å². The third-order valence-electron chi connectivity index (χ3n) is 5.76. The zero-order valence-electron chi connectivity index (χ0n) is 19.9. The summed E-state index contributed by atoms with van der Waals surface area (Å²) in [5.41, 5.74) is 10.5. The smallest absolute Gasteiger partial charge is 0.176 e. The quantitative estimate of drug-likeness (QED) is 0.476. The minimum atomic E-state index is -0.356. The lowest BCUT2D eigenvalue weighted by Crippen LogP contribution is -2.57. The molecule has 2 aliphatic heterocycles. The second-order valence-corrected chi connectivity index (χ2v) is 10.2. The van der Waals surface area contributed by atoms with Gasteiger partial charge in [-0.05, 0) is 18.2 Å². The second kappa shape index (κ2) is 9.24. The molecule has 0 unspecified atom stereocenters. The molecule has 31 heavy (non-hydrogen) atoms. The van der Waals surface area contributed by atoms with E-state index in [0.717, 1.165) is 30.9 Å². The molecule has 8 nitrogen and oxygen atoms in total. The van der Waals surface area contributed by atoms with E-state index in [9.17, 15) is 0 Å². The molecule has 0 aliphatic carbocycles. The van der Waals surface area contributed by atoms with E-state index in [-0.39, 0.29) is 17.1 Å². The maximum absolute atomic E-state index is 6.44. The maximum Gasteiger partial charge on any atom is 0.176 e. The zero-order chi connectivity index (χ0) is 22.8. The average Bonchev–Trinajstić information content (AvgIpc) is 2.67. The van der Waals surface area contributed by atoms with Crippen molar-refractivity contribution in [3.63, 3.8) is 0 Å². The Bertz CT molecular complexity index is 779. The summed E-state index contributed by atoms with van der Waals surface area (Å²) in [5.74, 6) is 6.19. The Labute approximate surface area is 186 Å². The number of methoxy groups -OCH3 is 1. The van der Waals surface area contributed by atoms with Gasteiger partial charge in [-0.25, -0.2) is 5.84 Å². The van der Waals surface area contributed by atoms with E-state index in [1.54, 1.807) is 13.3 Å². The van der Waals surface area contributed by atoms with E-state index in [2.05, 4.69) is 48.8 Å². The van der Waals surface area contributed by atoms with Gasteiger partial charge in [0.05, 0.1) is 32.1 Å². The highest BCUT2D eigenvalue weighted by Crippen LogP contribution is 2.37. The fourth-order valence-corrected chi connectivity index (χ4v) is 4.13. The highest BCUT2D eigenvalue weighted by Gasteiger charge is 2.39. The first-order valence-corrected chi connectivity index (χ1v) is 10.8. The predicted molar refractivity (Wildman–Crippen MR) is 125 cm³/mol. The van der Waals surface area contributed by atoms with Crippen molar-refractivity contribution >= 4 is 17.1 Å². The lowest BCUT2D eigenvalue weighted by Gasteiger charge is -2.49. The molecule has 2 aliphatic rings. The summed E-state index contributed by atoms with van der Waals surface area (Å²) in [5, 5.41) is 1.54. The topological polar surface area (TPSA) is 89.5 Å². The van der Waals surface area contributed by atoms with Crippen LogP contribution < -0.4 is 21.4 Å². The summed E-state index contributed by atoms with van der Waals surface area (Å²) in [6.45, 7) is 10.9. The number of nitrogens with zero attached hydrogens (tertiary/aromatic N) is 3. The standard InChI is InChI=1S/C23H39N5O3/c1-22(2)14-30-21(31-15-22)11-28(25)10-19(24)18-8-7-17(9-20(18)26(4)5)27-12-23(3,13-27)16-29-6/h7-10,21H,11-16,24-25H2,1-6H3/b19-10-. The van der Waals surface area contributed by atoms with Crippen LogP contribution in [0.3, 0.4) is 0 Å². The largest absolute Gasteiger partial charge is 0.397 e. The summed E-state index contributed by atoms with van der Waals surface area (Å²) in [7, 11) is 5.80. The summed E-state index contributed by atoms with van der Waals surface area (Å²) >= 11 is 0. The first-order valence-electron chi connectivity index (χ1n) is 10.8. The summed E-state index contributed by atoms with van der Waals surface area (Å²) in [6, 6.07) is 6.36. The van der Waals surface area contributed by atoms with Crippen LogP contribution in [0.15, 0.2) is 24.4 Å². The van der Waals surface area contributed by atoms with Crippen LogP contribution in [0, 0.1) is 10.8 Å². The number of benzene rings is 1. The van der Waals surface area contributed by atoms with E-state index in [4.69, 9.17) is 25.8 Å². The monoisotopic (exact) mass is 433 g/mol. The van der Waals surface area contributed by atoms with Crippen LogP contribution in [0.2, 0.25) is 0 Å². The Hall–Kier alpha value is -2.00. The van der Waals surface area contributed by atoms with Crippen LogP contribution in [0.5, 0.6) is 0 Å². The Balaban J connectivity index is 1.68. The summed E-state index contributed by atoms with van der Waals surface area (Å²) in [6.07, 6.45) is 1.39. The fourth-order valence-electron chi connectivity index (χ4n) is 4.13. The van der Waals surface area contributed by atoms with Crippen LogP contribution in [-0.2, 0) is 14.2 Å². The number of rotatable bonds is 8. The van der Waals surface area contributed by atoms with Crippen molar-refractivity contribution in [2.24, 2.45) is 22.4 Å². The van der Waals surface area contributed by atoms with Gasteiger partial charge in [0.1, 0.15) is 0 Å². The van der Waals surface area contributed by atoms with Gasteiger partial charge in [0.2, 0.25) is 0 Å². The molecule has 0 atom stereocenters. The average molecular weight is 434 g/mol. The van der Waals surface area contributed by atoms with Crippen LogP contribution in [0.25, 0.3) is 5.70 Å². The Kier molecular flexibility index (Phi) is 7.05. The number of ether oxygens (including phenoxy) is 3. The zero-order valence-corrected chi connectivity index (χ0v) is 19.9. The SMILES string of the molecule is COCC1(C)CN(c2ccc(/C(N)=C/N(N)CC3OCC(C)(C)CO3)c(N(C)C)c2)C1. The van der Waals surface area contributed by atoms with Crippen molar-refractivity contribution in [3.8, 4) is 0 Å². The van der Waals surface area contributed by atoms with Crippen molar-refractivity contribution in [1.29, 1.82) is 0 Å². The van der Waals surface area contributed by atoms with Crippen molar-refractivity contribution in [3.05, 3.63) is 30.0 Å². The van der Waals surface area contributed by atoms with Gasteiger partial charge in [-0.2, -0.15) is 0 Å². The van der Waals surface area contributed by atoms with Gasteiger partial charge in [-0.15, -0.1) is 0 Å². The first kappa shape index (κ1) is 23.7. The molecule has 2 fully saturated rings. The van der Waals surface area contributed by atoms with Gasteiger partial charge in [0.25, 0.3) is 0 Å². The van der Waals surface area contributed by atoms with Gasteiger partial charge >= 0.3 is 0 Å². The molecule has 0 radical (unpaired) electrons. The lowest BCUT2D eigenvalue weighted by molar-refractivity contribution is -0.225. The molecule has 8 heteroatoms. The molecule has 0 aromatic heterocycles. The summed E-state index contributed by atoms with van der Waals surface area (Å²) < 4.78 is 16.9. The Morgan fingerprint density at radius 3 is 2.45 bits per heavy atom. The van der Waals surface area contributed by atoms with E-state index in [1.165, 1.54) is 10.7 Å². The number of hydrogen-bond donors (Lipinski definition) is 2. The Morgan fingerprint density at radius 2 is 1.87 bits per heavy atom. The molecule has 0 amide bonds. The molecule has 1 aromatic rings. The second-order valence-electron chi connectivity index (χ2n) is 10.2. The Morgan fingerprint density at radius 1 is 1.23 bits per heavy atom. The van der Waals surface area contributed by atoms with E-state index in [0.29, 0.717) is 25.5 Å². The predicted octanol–water partition coefficient (Wildman–Crippen LogP) is 2.06. The molecule has 1 aromatic carbocycles. The van der Waals surface area contributed by atoms with Gasteiger partial charge in [-0.1, -0.05) is 20.8 Å². The molecule has 3 rings (SSSR count). The van der Waals surface area contributed by atoms with Gasteiger partial charge in [-0.3, -0.25) is 0 Å². The van der Waals surface area contributed by atoms with Gasteiger partial charge in [0, 0.05) is 68.3 Å². The summed E-state index contributed by atoms with van der Waals surface area (Å²) in [4.78, 5) is 4.44. The molecule has 2 heterocycles. The van der Waals surface area contributed by atoms with Gasteiger partial charge < -0.3 is 34.8 Å². The fraction of sp³-hybridized carbons (Fsp3) is 0.652. The van der Waals surface area contributed by atoms with Crippen LogP contribution >= 0.6 is 0 Å². The molecule has 0 spiro atoms. The molecule has 4 N–H and O–H groups in total. The number of anilines is 2. The third-order valence-corrected chi connectivity index (χ3v) is 5.76. The number of hydrazine groups is 1. The van der Waals surface area contributed by atoms with Crippen molar-refractivity contribution in [1.82, 2.24) is 5.01 Å². The normalized spacial score (nSPS) is 21.0. The molecule has 174 valence electrons. The van der Waals surface area contributed by atoms with Gasteiger partial charge in [0.15, 0.2) is 6.29 Å². The van der Waals surface area contributed by atoms with Crippen molar-refractivity contribution in [2.75, 3.05) is 70.5 Å². The molecule has 0 bridgehead atoms. The minimum absolute atomic E-state index is 0.0324. The van der Waals surface area contributed by atoms with Crippen LogP contribution in [0.4, 0.5) is 11.4 Å². The molecule has 0 saturated carbocycles. The molecular weight excluding hydrogens is 394 g/mol.